The molecule has 0 aliphatic heterocycles. The van der Waals surface area contributed by atoms with E-state index in [1.165, 1.54) is 37.8 Å². The lowest BCUT2D eigenvalue weighted by molar-refractivity contribution is 0.0719. The van der Waals surface area contributed by atoms with E-state index in [4.69, 9.17) is 0 Å². The monoisotopic (exact) mass is 278 g/mol. The Hall–Kier alpha value is -0.830. The molecule has 1 N–H and O–H groups in total. The molecular weight excluding hydrogens is 248 g/mol. The lowest BCUT2D eigenvalue weighted by Gasteiger charge is -2.31. The summed E-state index contributed by atoms with van der Waals surface area (Å²) in [6, 6.07) is 2.17. The van der Waals surface area contributed by atoms with Gasteiger partial charge in [-0.1, -0.05) is 33.1 Å². The molecule has 0 spiro atoms. The van der Waals surface area contributed by atoms with Crippen LogP contribution in [0.15, 0.2) is 6.07 Å². The fraction of sp³-hybridized carbons (Fsp3) is 0.824. The minimum absolute atomic E-state index is 0.195. The predicted molar refractivity (Wildman–Crippen MR) is 82.7 cm³/mol. The first kappa shape index (κ1) is 15.6. The first-order chi connectivity index (χ1) is 9.67. The number of rotatable bonds is 6. The van der Waals surface area contributed by atoms with E-state index in [-0.39, 0.29) is 6.10 Å². The van der Waals surface area contributed by atoms with E-state index in [1.54, 1.807) is 0 Å². The van der Waals surface area contributed by atoms with Crippen LogP contribution in [0.2, 0.25) is 0 Å². The Morgan fingerprint density at radius 3 is 2.50 bits per heavy atom. The normalized spacial score (nSPS) is 24.8. The van der Waals surface area contributed by atoms with Crippen molar-refractivity contribution in [1.82, 2.24) is 9.78 Å². The largest absolute Gasteiger partial charge is 0.392 e. The first-order valence-corrected chi connectivity index (χ1v) is 8.41. The summed E-state index contributed by atoms with van der Waals surface area (Å²) in [6.07, 6.45) is 7.82. The molecule has 3 heteroatoms. The summed E-state index contributed by atoms with van der Waals surface area (Å²) >= 11 is 0. The Kier molecular flexibility index (Phi) is 5.64. The van der Waals surface area contributed by atoms with Gasteiger partial charge in [0.2, 0.25) is 0 Å². The van der Waals surface area contributed by atoms with Crippen molar-refractivity contribution in [1.29, 1.82) is 0 Å². The van der Waals surface area contributed by atoms with Gasteiger partial charge in [0.1, 0.15) is 0 Å². The third-order valence-corrected chi connectivity index (χ3v) is 5.01. The van der Waals surface area contributed by atoms with Crippen LogP contribution in [0.25, 0.3) is 0 Å². The number of hydrogen-bond acceptors (Lipinski definition) is 2. The number of nitrogens with zero attached hydrogens (tertiary/aromatic N) is 2. The number of hydrogen-bond donors (Lipinski definition) is 1. The van der Waals surface area contributed by atoms with Gasteiger partial charge in [0, 0.05) is 18.7 Å². The Labute approximate surface area is 123 Å². The average molecular weight is 278 g/mol. The Morgan fingerprint density at radius 2 is 1.95 bits per heavy atom. The second-order valence-corrected chi connectivity index (χ2v) is 6.26. The van der Waals surface area contributed by atoms with Crippen LogP contribution in [0.1, 0.15) is 64.3 Å². The minimum atomic E-state index is -0.195. The maximum atomic E-state index is 10.5. The van der Waals surface area contributed by atoms with Crippen molar-refractivity contribution >= 4 is 0 Å². The average Bonchev–Trinajstić information content (AvgIpc) is 2.89. The van der Waals surface area contributed by atoms with Gasteiger partial charge in [-0.3, -0.25) is 4.68 Å². The highest BCUT2D eigenvalue weighted by molar-refractivity contribution is 5.11. The van der Waals surface area contributed by atoms with Crippen LogP contribution in [-0.4, -0.2) is 21.0 Å². The van der Waals surface area contributed by atoms with Gasteiger partial charge in [-0.25, -0.2) is 0 Å². The van der Waals surface area contributed by atoms with Crippen LogP contribution < -0.4 is 0 Å². The number of aryl methyl sites for hydroxylation is 2. The van der Waals surface area contributed by atoms with Gasteiger partial charge in [0.15, 0.2) is 0 Å². The van der Waals surface area contributed by atoms with Gasteiger partial charge in [-0.05, 0) is 44.1 Å². The summed E-state index contributed by atoms with van der Waals surface area (Å²) in [5.41, 5.74) is 2.35. The molecule has 1 aliphatic rings. The van der Waals surface area contributed by atoms with E-state index < -0.39 is 0 Å². The summed E-state index contributed by atoms with van der Waals surface area (Å²) < 4.78 is 2.06. The summed E-state index contributed by atoms with van der Waals surface area (Å²) in [4.78, 5) is 0. The molecule has 1 saturated carbocycles. The zero-order chi connectivity index (χ0) is 14.5. The molecule has 0 radical (unpaired) electrons. The van der Waals surface area contributed by atoms with Gasteiger partial charge >= 0.3 is 0 Å². The fourth-order valence-corrected chi connectivity index (χ4v) is 3.49. The fourth-order valence-electron chi connectivity index (χ4n) is 3.49. The van der Waals surface area contributed by atoms with Crippen LogP contribution in [-0.2, 0) is 19.4 Å². The van der Waals surface area contributed by atoms with E-state index in [0.29, 0.717) is 5.92 Å². The number of aliphatic hydroxyl groups excluding tert-OH is 1. The van der Waals surface area contributed by atoms with E-state index in [0.717, 1.165) is 31.0 Å². The highest BCUT2D eigenvalue weighted by atomic mass is 16.3. The maximum absolute atomic E-state index is 10.5. The van der Waals surface area contributed by atoms with Crippen LogP contribution in [0, 0.1) is 11.8 Å². The predicted octanol–water partition coefficient (Wildman–Crippen LogP) is 3.59. The van der Waals surface area contributed by atoms with Gasteiger partial charge in [0.05, 0.1) is 11.8 Å². The van der Waals surface area contributed by atoms with Gasteiger partial charge < -0.3 is 5.11 Å². The second kappa shape index (κ2) is 7.26. The minimum Gasteiger partial charge on any atom is -0.392 e. The highest BCUT2D eigenvalue weighted by Gasteiger charge is 2.26. The van der Waals surface area contributed by atoms with Crippen molar-refractivity contribution in [3.05, 3.63) is 17.5 Å². The van der Waals surface area contributed by atoms with Crippen LogP contribution >= 0.6 is 0 Å². The topological polar surface area (TPSA) is 38.0 Å². The second-order valence-electron chi connectivity index (χ2n) is 6.26. The van der Waals surface area contributed by atoms with Crippen LogP contribution in [0.5, 0.6) is 0 Å². The van der Waals surface area contributed by atoms with Crippen LogP contribution in [0.3, 0.4) is 0 Å². The standard InChI is InChI=1S/C17H30N2O/c1-4-13-7-9-14(10-8-13)17(20)12-16-11-15(5-2)18-19(16)6-3/h11,13-14,17,20H,4-10,12H2,1-3H3. The molecule has 0 aromatic carbocycles. The molecule has 2 rings (SSSR count). The van der Waals surface area contributed by atoms with E-state index in [9.17, 15) is 5.11 Å². The molecule has 1 aromatic heterocycles. The molecular formula is C17H30N2O. The molecule has 1 aliphatic carbocycles. The van der Waals surface area contributed by atoms with Crippen molar-refractivity contribution in [3.8, 4) is 0 Å². The highest BCUT2D eigenvalue weighted by Crippen LogP contribution is 2.33. The number of aliphatic hydroxyl groups is 1. The van der Waals surface area contributed by atoms with Crippen molar-refractivity contribution < 1.29 is 5.11 Å². The molecule has 114 valence electrons. The first-order valence-electron chi connectivity index (χ1n) is 8.41. The van der Waals surface area contributed by atoms with E-state index in [2.05, 4.69) is 36.6 Å². The summed E-state index contributed by atoms with van der Waals surface area (Å²) in [5, 5.41) is 15.1. The zero-order valence-corrected chi connectivity index (χ0v) is 13.3. The molecule has 1 aromatic rings. The summed E-state index contributed by atoms with van der Waals surface area (Å²) in [6.45, 7) is 7.43. The van der Waals surface area contributed by atoms with Gasteiger partial charge in [0.25, 0.3) is 0 Å². The SMILES string of the molecule is CCc1cc(CC(O)C2CCC(CC)CC2)n(CC)n1. The summed E-state index contributed by atoms with van der Waals surface area (Å²) in [7, 11) is 0. The third-order valence-electron chi connectivity index (χ3n) is 5.01. The van der Waals surface area contributed by atoms with Crippen molar-refractivity contribution in [2.45, 2.75) is 78.4 Å². The quantitative estimate of drug-likeness (QED) is 0.863. The van der Waals surface area contributed by atoms with Gasteiger partial charge in [-0.2, -0.15) is 5.10 Å². The van der Waals surface area contributed by atoms with E-state index in [1.807, 2.05) is 0 Å². The Balaban J connectivity index is 1.94. The van der Waals surface area contributed by atoms with Gasteiger partial charge in [-0.15, -0.1) is 0 Å². The molecule has 0 saturated heterocycles. The maximum Gasteiger partial charge on any atom is 0.0624 e. The Bertz CT molecular complexity index is 405. The molecule has 1 atom stereocenters. The van der Waals surface area contributed by atoms with E-state index >= 15 is 0 Å². The molecule has 0 amide bonds. The molecule has 1 heterocycles. The molecule has 1 unspecified atom stereocenters. The van der Waals surface area contributed by atoms with Crippen molar-refractivity contribution in [2.24, 2.45) is 11.8 Å². The lowest BCUT2D eigenvalue weighted by atomic mass is 9.77. The molecule has 20 heavy (non-hydrogen) atoms. The Morgan fingerprint density at radius 1 is 1.25 bits per heavy atom. The molecule has 3 nitrogen and oxygen atoms in total. The van der Waals surface area contributed by atoms with Crippen LogP contribution in [0.4, 0.5) is 0 Å². The lowest BCUT2D eigenvalue weighted by Crippen LogP contribution is -2.28. The third kappa shape index (κ3) is 3.63. The van der Waals surface area contributed by atoms with Crippen molar-refractivity contribution in [3.63, 3.8) is 0 Å². The zero-order valence-electron chi connectivity index (χ0n) is 13.3. The smallest absolute Gasteiger partial charge is 0.0624 e. The summed E-state index contributed by atoms with van der Waals surface area (Å²) in [5.74, 6) is 1.38. The number of aromatic nitrogens is 2. The molecule has 0 bridgehead atoms. The van der Waals surface area contributed by atoms with Crippen molar-refractivity contribution in [2.75, 3.05) is 0 Å². The molecule has 1 fully saturated rings.